The third-order valence-electron chi connectivity index (χ3n) is 2.66. The Hall–Kier alpha value is -2.76. The van der Waals surface area contributed by atoms with Crippen LogP contribution >= 0.6 is 0 Å². The first-order valence-electron chi connectivity index (χ1n) is 5.67. The van der Waals surface area contributed by atoms with Gasteiger partial charge < -0.3 is 9.72 Å². The summed E-state index contributed by atoms with van der Waals surface area (Å²) in [6, 6.07) is 6.87. The van der Waals surface area contributed by atoms with Crippen molar-refractivity contribution in [3.63, 3.8) is 0 Å². The number of carbonyl (C=O) groups excluding carboxylic acids is 1. The van der Waals surface area contributed by atoms with E-state index in [1.165, 1.54) is 19.6 Å². The van der Waals surface area contributed by atoms with Crippen molar-refractivity contribution in [1.82, 2.24) is 19.9 Å². The number of nitrogens with one attached hydrogen (secondary N) is 1. The van der Waals surface area contributed by atoms with Gasteiger partial charge in [-0.25, -0.2) is 9.97 Å². The van der Waals surface area contributed by atoms with Gasteiger partial charge in [-0.05, 0) is 31.2 Å². The van der Waals surface area contributed by atoms with E-state index < -0.39 is 0 Å². The molecule has 6 heteroatoms. The number of H-pyrrole nitrogens is 1. The van der Waals surface area contributed by atoms with Gasteiger partial charge in [0.25, 0.3) is 0 Å². The van der Waals surface area contributed by atoms with Crippen LogP contribution < -0.4 is 4.74 Å². The average Bonchev–Trinajstić information content (AvgIpc) is 2.89. The third kappa shape index (κ3) is 2.15. The zero-order valence-corrected chi connectivity index (χ0v) is 10.1. The molecule has 19 heavy (non-hydrogen) atoms. The van der Waals surface area contributed by atoms with E-state index in [0.717, 1.165) is 0 Å². The van der Waals surface area contributed by atoms with Crippen LogP contribution in [0.1, 0.15) is 17.3 Å². The van der Waals surface area contributed by atoms with Gasteiger partial charge in [0, 0.05) is 5.56 Å². The molecule has 1 aromatic carbocycles. The molecule has 0 aliphatic rings. The zero-order valence-electron chi connectivity index (χ0n) is 10.1. The standard InChI is InChI=1S/C13H10N4O2/c1-8(18)9-2-4-10(5-3-9)19-13-11-12(15-6-14-11)16-7-17-13/h2-7H,1H3,(H,14,15,16,17). The molecule has 1 N–H and O–H groups in total. The van der Waals surface area contributed by atoms with Gasteiger partial charge in [-0.15, -0.1) is 0 Å². The summed E-state index contributed by atoms with van der Waals surface area (Å²) in [7, 11) is 0. The Balaban J connectivity index is 1.92. The second-order valence-electron chi connectivity index (χ2n) is 3.96. The number of carbonyl (C=O) groups is 1. The Bertz CT molecular complexity index is 734. The number of hydrogen-bond donors (Lipinski definition) is 1. The smallest absolute Gasteiger partial charge is 0.248 e. The molecule has 2 heterocycles. The summed E-state index contributed by atoms with van der Waals surface area (Å²) in [5.41, 5.74) is 1.82. The number of aromatic nitrogens is 4. The van der Waals surface area contributed by atoms with Gasteiger partial charge in [0.2, 0.25) is 5.88 Å². The molecule has 0 amide bonds. The van der Waals surface area contributed by atoms with Gasteiger partial charge in [-0.2, -0.15) is 4.98 Å². The first-order valence-corrected chi connectivity index (χ1v) is 5.67. The SMILES string of the molecule is CC(=O)c1ccc(Oc2ncnc3nc[nH]c23)cc1. The van der Waals surface area contributed by atoms with Crippen LogP contribution in [0.5, 0.6) is 11.6 Å². The minimum absolute atomic E-state index is 0.0181. The number of ether oxygens (including phenoxy) is 1. The minimum Gasteiger partial charge on any atom is -0.437 e. The maximum absolute atomic E-state index is 11.2. The van der Waals surface area contributed by atoms with E-state index in [4.69, 9.17) is 4.74 Å². The fraction of sp³-hybridized carbons (Fsp3) is 0.0769. The van der Waals surface area contributed by atoms with Crippen molar-refractivity contribution in [3.05, 3.63) is 42.5 Å². The van der Waals surface area contributed by atoms with Crippen molar-refractivity contribution >= 4 is 16.9 Å². The second kappa shape index (κ2) is 4.49. The first-order chi connectivity index (χ1) is 9.24. The topological polar surface area (TPSA) is 80.8 Å². The van der Waals surface area contributed by atoms with Gasteiger partial charge in [0.1, 0.15) is 17.6 Å². The Morgan fingerprint density at radius 2 is 1.95 bits per heavy atom. The summed E-state index contributed by atoms with van der Waals surface area (Å²) in [4.78, 5) is 26.2. The Labute approximate surface area is 108 Å². The lowest BCUT2D eigenvalue weighted by Crippen LogP contribution is -1.93. The maximum atomic E-state index is 11.2. The highest BCUT2D eigenvalue weighted by molar-refractivity contribution is 5.94. The van der Waals surface area contributed by atoms with Gasteiger partial charge in [-0.1, -0.05) is 0 Å². The summed E-state index contributed by atoms with van der Waals surface area (Å²) in [5.74, 6) is 1.02. The molecule has 0 saturated carbocycles. The Morgan fingerprint density at radius 1 is 1.16 bits per heavy atom. The lowest BCUT2D eigenvalue weighted by Gasteiger charge is -2.05. The van der Waals surface area contributed by atoms with Crippen LogP contribution in [-0.4, -0.2) is 25.7 Å². The van der Waals surface area contributed by atoms with Crippen molar-refractivity contribution in [2.75, 3.05) is 0 Å². The van der Waals surface area contributed by atoms with Gasteiger partial charge in [-0.3, -0.25) is 4.79 Å². The monoisotopic (exact) mass is 254 g/mol. The number of aromatic amines is 1. The normalized spacial score (nSPS) is 10.6. The summed E-state index contributed by atoms with van der Waals surface area (Å²) in [6.07, 6.45) is 2.92. The molecular formula is C13H10N4O2. The summed E-state index contributed by atoms with van der Waals surface area (Å²) < 4.78 is 5.65. The highest BCUT2D eigenvalue weighted by atomic mass is 16.5. The Kier molecular flexibility index (Phi) is 2.68. The maximum Gasteiger partial charge on any atom is 0.248 e. The van der Waals surface area contributed by atoms with E-state index in [-0.39, 0.29) is 5.78 Å². The predicted molar refractivity (Wildman–Crippen MR) is 68.2 cm³/mol. The largest absolute Gasteiger partial charge is 0.437 e. The van der Waals surface area contributed by atoms with E-state index in [1.807, 2.05) is 0 Å². The number of hydrogen-bond acceptors (Lipinski definition) is 5. The number of benzene rings is 1. The quantitative estimate of drug-likeness (QED) is 0.725. The molecule has 0 fully saturated rings. The summed E-state index contributed by atoms with van der Waals surface area (Å²) in [6.45, 7) is 1.52. The summed E-state index contributed by atoms with van der Waals surface area (Å²) >= 11 is 0. The molecule has 0 bridgehead atoms. The molecule has 0 unspecified atom stereocenters. The van der Waals surface area contributed by atoms with E-state index in [1.54, 1.807) is 24.3 Å². The minimum atomic E-state index is 0.0181. The molecule has 0 radical (unpaired) electrons. The molecule has 2 aromatic heterocycles. The fourth-order valence-corrected chi connectivity index (χ4v) is 1.69. The zero-order chi connectivity index (χ0) is 13.2. The van der Waals surface area contributed by atoms with Crippen LogP contribution in [-0.2, 0) is 0 Å². The van der Waals surface area contributed by atoms with E-state index >= 15 is 0 Å². The molecule has 0 saturated heterocycles. The van der Waals surface area contributed by atoms with Crippen molar-refractivity contribution in [3.8, 4) is 11.6 Å². The van der Waals surface area contributed by atoms with Gasteiger partial charge >= 0.3 is 0 Å². The van der Waals surface area contributed by atoms with E-state index in [9.17, 15) is 4.79 Å². The number of Topliss-reactive ketones (excluding diaryl/α,β-unsaturated/α-hetero) is 1. The van der Waals surface area contributed by atoms with Crippen LogP contribution in [0, 0.1) is 0 Å². The highest BCUT2D eigenvalue weighted by Gasteiger charge is 2.08. The first kappa shape index (κ1) is 11.3. The van der Waals surface area contributed by atoms with Crippen LogP contribution in [0.3, 0.4) is 0 Å². The van der Waals surface area contributed by atoms with Gasteiger partial charge in [0.15, 0.2) is 11.4 Å². The second-order valence-corrected chi connectivity index (χ2v) is 3.96. The van der Waals surface area contributed by atoms with E-state index in [2.05, 4.69) is 19.9 Å². The fourth-order valence-electron chi connectivity index (χ4n) is 1.69. The molecule has 3 aromatic rings. The van der Waals surface area contributed by atoms with E-state index in [0.29, 0.717) is 28.4 Å². The molecule has 3 rings (SSSR count). The molecular weight excluding hydrogens is 244 g/mol. The number of nitrogens with zero attached hydrogens (tertiary/aromatic N) is 3. The van der Waals surface area contributed by atoms with Crippen molar-refractivity contribution in [2.45, 2.75) is 6.92 Å². The predicted octanol–water partition coefficient (Wildman–Crippen LogP) is 2.35. The number of imidazole rings is 1. The lowest BCUT2D eigenvalue weighted by atomic mass is 10.1. The van der Waals surface area contributed by atoms with Crippen molar-refractivity contribution in [1.29, 1.82) is 0 Å². The van der Waals surface area contributed by atoms with Crippen LogP contribution in [0.4, 0.5) is 0 Å². The molecule has 0 aliphatic heterocycles. The number of rotatable bonds is 3. The molecule has 0 aliphatic carbocycles. The number of fused-ring (bicyclic) bond motifs is 1. The van der Waals surface area contributed by atoms with Crippen LogP contribution in [0.2, 0.25) is 0 Å². The van der Waals surface area contributed by atoms with Crippen molar-refractivity contribution in [2.24, 2.45) is 0 Å². The lowest BCUT2D eigenvalue weighted by molar-refractivity contribution is 0.101. The molecule has 0 spiro atoms. The Morgan fingerprint density at radius 3 is 2.68 bits per heavy atom. The highest BCUT2D eigenvalue weighted by Crippen LogP contribution is 2.24. The molecule has 0 atom stereocenters. The number of ketones is 1. The average molecular weight is 254 g/mol. The third-order valence-corrected chi connectivity index (χ3v) is 2.66. The van der Waals surface area contributed by atoms with Crippen molar-refractivity contribution < 1.29 is 9.53 Å². The van der Waals surface area contributed by atoms with Gasteiger partial charge in [0.05, 0.1) is 6.33 Å². The molecule has 6 nitrogen and oxygen atoms in total. The van der Waals surface area contributed by atoms with Crippen LogP contribution in [0.25, 0.3) is 11.2 Å². The van der Waals surface area contributed by atoms with Crippen LogP contribution in [0.15, 0.2) is 36.9 Å². The summed E-state index contributed by atoms with van der Waals surface area (Å²) in [5, 5.41) is 0. The molecule has 94 valence electrons.